The van der Waals surface area contributed by atoms with E-state index in [0.29, 0.717) is 22.6 Å². The monoisotopic (exact) mass is 228 g/mol. The van der Waals surface area contributed by atoms with Crippen LogP contribution in [-0.2, 0) is 0 Å². The lowest BCUT2D eigenvalue weighted by Crippen LogP contribution is -2.11. The lowest BCUT2D eigenvalue weighted by molar-refractivity contribution is 0.112. The molecule has 0 saturated heterocycles. The summed E-state index contributed by atoms with van der Waals surface area (Å²) in [6, 6.07) is 7.70. The first-order valence-corrected chi connectivity index (χ1v) is 4.85. The number of aromatic amines is 1. The summed E-state index contributed by atoms with van der Waals surface area (Å²) in [7, 11) is 0. The van der Waals surface area contributed by atoms with Crippen molar-refractivity contribution in [3.05, 3.63) is 45.9 Å². The number of aliphatic hydroxyl groups is 1. The molecule has 2 aromatic rings. The Morgan fingerprint density at radius 2 is 2.18 bits per heavy atom. The van der Waals surface area contributed by atoms with Crippen LogP contribution in [-0.4, -0.2) is 16.4 Å². The Kier molecular flexibility index (Phi) is 2.73. The van der Waals surface area contributed by atoms with Crippen molar-refractivity contribution in [3.8, 4) is 6.07 Å². The maximum absolute atomic E-state index is 11.7. The van der Waals surface area contributed by atoms with E-state index in [1.165, 1.54) is 24.3 Å². The number of nitrogens with zero attached hydrogens (tertiary/aromatic N) is 1. The van der Waals surface area contributed by atoms with Crippen LogP contribution in [0, 0.1) is 11.3 Å². The number of hydrogen-bond acceptors (Lipinski definition) is 4. The third-order valence-electron chi connectivity index (χ3n) is 2.44. The molecule has 2 rings (SSSR count). The molecule has 1 heterocycles. The number of nitrogens with one attached hydrogen (secondary N) is 1. The first kappa shape index (κ1) is 11.0. The molecule has 0 amide bonds. The summed E-state index contributed by atoms with van der Waals surface area (Å²) in [6.07, 6.45) is -0.715. The topological polar surface area (TPSA) is 93.9 Å². The molecule has 5 heteroatoms. The molecular weight excluding hydrogens is 220 g/mol. The molecule has 0 radical (unpaired) electrons. The highest BCUT2D eigenvalue weighted by Gasteiger charge is 2.09. The van der Waals surface area contributed by atoms with Gasteiger partial charge in [0.1, 0.15) is 12.4 Å². The van der Waals surface area contributed by atoms with Gasteiger partial charge in [0.2, 0.25) is 0 Å². The number of hydrogen-bond donors (Lipinski definition) is 2. The van der Waals surface area contributed by atoms with Crippen LogP contribution in [0.4, 0.5) is 0 Å². The first-order valence-electron chi connectivity index (χ1n) is 4.85. The predicted octanol–water partition coefficient (Wildman–Crippen LogP) is 0.898. The minimum Gasteiger partial charge on any atom is -0.373 e. The Hall–Kier alpha value is -2.45. The smallest absolute Gasteiger partial charge is 0.256 e. The zero-order chi connectivity index (χ0) is 12.4. The van der Waals surface area contributed by atoms with Gasteiger partial charge in [-0.15, -0.1) is 0 Å². The van der Waals surface area contributed by atoms with Gasteiger partial charge in [-0.05, 0) is 23.6 Å². The Balaban J connectivity index is 2.75. The molecule has 1 aromatic carbocycles. The van der Waals surface area contributed by atoms with Crippen LogP contribution in [0.25, 0.3) is 10.8 Å². The highest BCUT2D eigenvalue weighted by atomic mass is 16.3. The van der Waals surface area contributed by atoms with E-state index in [1.54, 1.807) is 6.07 Å². The van der Waals surface area contributed by atoms with E-state index >= 15 is 0 Å². The van der Waals surface area contributed by atoms with Crippen LogP contribution >= 0.6 is 0 Å². The van der Waals surface area contributed by atoms with Gasteiger partial charge < -0.3 is 10.1 Å². The number of aliphatic hydroxyl groups excluding tert-OH is 1. The number of aldehydes is 1. The van der Waals surface area contributed by atoms with Crippen LogP contribution in [0.1, 0.15) is 22.2 Å². The lowest BCUT2D eigenvalue weighted by atomic mass is 10.1. The second kappa shape index (κ2) is 4.20. The molecule has 5 nitrogen and oxygen atoms in total. The van der Waals surface area contributed by atoms with Gasteiger partial charge in [-0.2, -0.15) is 5.26 Å². The Labute approximate surface area is 95.9 Å². The minimum absolute atomic E-state index is 0.119. The first-order chi connectivity index (χ1) is 8.15. The molecule has 0 aliphatic carbocycles. The molecule has 0 aliphatic rings. The Bertz CT molecular complexity index is 682. The average molecular weight is 228 g/mol. The highest BCUT2D eigenvalue weighted by Crippen LogP contribution is 2.16. The number of carbonyl (C=O) groups is 1. The number of aromatic nitrogens is 1. The summed E-state index contributed by atoms with van der Waals surface area (Å²) in [5.74, 6) is 0. The fraction of sp³-hybridized carbons (Fsp3) is 0.0833. The van der Waals surface area contributed by atoms with E-state index in [4.69, 9.17) is 5.26 Å². The lowest BCUT2D eigenvalue weighted by Gasteiger charge is -2.04. The summed E-state index contributed by atoms with van der Waals surface area (Å²) in [5, 5.41) is 18.8. The second-order valence-corrected chi connectivity index (χ2v) is 3.55. The van der Waals surface area contributed by atoms with Gasteiger partial charge >= 0.3 is 0 Å². The van der Waals surface area contributed by atoms with E-state index < -0.39 is 11.7 Å². The van der Waals surface area contributed by atoms with Gasteiger partial charge in [-0.1, -0.05) is 6.07 Å². The number of pyridine rings is 1. The van der Waals surface area contributed by atoms with Crippen molar-refractivity contribution in [2.45, 2.75) is 6.10 Å². The zero-order valence-corrected chi connectivity index (χ0v) is 8.68. The number of benzene rings is 1. The third kappa shape index (κ3) is 1.94. The molecule has 84 valence electrons. The third-order valence-corrected chi connectivity index (χ3v) is 2.44. The minimum atomic E-state index is -1.38. The van der Waals surface area contributed by atoms with E-state index in [9.17, 15) is 14.7 Å². The van der Waals surface area contributed by atoms with E-state index in [0.717, 1.165) is 0 Å². The van der Waals surface area contributed by atoms with Gasteiger partial charge in [0, 0.05) is 10.9 Å². The van der Waals surface area contributed by atoms with E-state index in [2.05, 4.69) is 4.98 Å². The van der Waals surface area contributed by atoms with Gasteiger partial charge in [0.25, 0.3) is 5.56 Å². The molecule has 1 atom stereocenters. The molecule has 1 aromatic heterocycles. The van der Waals surface area contributed by atoms with Crippen LogP contribution in [0.2, 0.25) is 0 Å². The van der Waals surface area contributed by atoms with E-state index in [1.807, 2.05) is 0 Å². The Morgan fingerprint density at radius 3 is 2.82 bits per heavy atom. The van der Waals surface area contributed by atoms with Crippen molar-refractivity contribution in [1.82, 2.24) is 4.98 Å². The number of rotatable bonds is 2. The molecular formula is C12H8N2O3. The summed E-state index contributed by atoms with van der Waals surface area (Å²) < 4.78 is 0. The molecule has 0 bridgehead atoms. The van der Waals surface area contributed by atoms with Crippen molar-refractivity contribution in [1.29, 1.82) is 5.26 Å². The van der Waals surface area contributed by atoms with Crippen molar-refractivity contribution >= 4 is 17.1 Å². The fourth-order valence-corrected chi connectivity index (χ4v) is 1.60. The number of H-pyrrole nitrogens is 1. The molecule has 0 fully saturated rings. The van der Waals surface area contributed by atoms with E-state index in [-0.39, 0.29) is 5.69 Å². The largest absolute Gasteiger partial charge is 0.373 e. The maximum atomic E-state index is 11.7. The van der Waals surface area contributed by atoms with Crippen molar-refractivity contribution < 1.29 is 9.90 Å². The summed E-state index contributed by atoms with van der Waals surface area (Å²) in [4.78, 5) is 24.7. The SMILES string of the molecule is N#CC(O)c1cc2cc(C=O)ccc2c(=O)[nH]1. The number of carbonyl (C=O) groups excluding carboxylic acids is 1. The highest BCUT2D eigenvalue weighted by molar-refractivity contribution is 5.88. The summed E-state index contributed by atoms with van der Waals surface area (Å²) in [5.41, 5.74) is 0.151. The van der Waals surface area contributed by atoms with Crippen LogP contribution in [0.5, 0.6) is 0 Å². The zero-order valence-electron chi connectivity index (χ0n) is 8.68. The van der Waals surface area contributed by atoms with Gasteiger partial charge in [-0.3, -0.25) is 9.59 Å². The van der Waals surface area contributed by atoms with Gasteiger partial charge in [0.15, 0.2) is 6.10 Å². The van der Waals surface area contributed by atoms with Crippen molar-refractivity contribution in [2.75, 3.05) is 0 Å². The van der Waals surface area contributed by atoms with Crippen molar-refractivity contribution in [3.63, 3.8) is 0 Å². The average Bonchev–Trinajstić information content (AvgIpc) is 2.36. The maximum Gasteiger partial charge on any atom is 0.256 e. The number of fused-ring (bicyclic) bond motifs is 1. The van der Waals surface area contributed by atoms with Crippen LogP contribution in [0.15, 0.2) is 29.1 Å². The van der Waals surface area contributed by atoms with Crippen molar-refractivity contribution in [2.24, 2.45) is 0 Å². The molecule has 0 spiro atoms. The van der Waals surface area contributed by atoms with Gasteiger partial charge in [-0.25, -0.2) is 0 Å². The molecule has 17 heavy (non-hydrogen) atoms. The summed E-state index contributed by atoms with van der Waals surface area (Å²) >= 11 is 0. The molecule has 2 N–H and O–H groups in total. The van der Waals surface area contributed by atoms with Crippen LogP contribution < -0.4 is 5.56 Å². The normalized spacial score (nSPS) is 12.0. The Morgan fingerprint density at radius 1 is 1.41 bits per heavy atom. The van der Waals surface area contributed by atoms with Crippen LogP contribution in [0.3, 0.4) is 0 Å². The molecule has 0 aliphatic heterocycles. The predicted molar refractivity (Wildman–Crippen MR) is 60.5 cm³/mol. The number of nitriles is 1. The molecule has 0 saturated carbocycles. The molecule has 1 unspecified atom stereocenters. The standard InChI is InChI=1S/C12H8N2O3/c13-5-11(16)10-4-8-3-7(6-15)1-2-9(8)12(17)14-10/h1-4,6,11,16H,(H,14,17). The quantitative estimate of drug-likeness (QED) is 0.589. The van der Waals surface area contributed by atoms with Gasteiger partial charge in [0.05, 0.1) is 5.69 Å². The summed E-state index contributed by atoms with van der Waals surface area (Å²) in [6.45, 7) is 0. The fourth-order valence-electron chi connectivity index (χ4n) is 1.60. The second-order valence-electron chi connectivity index (χ2n) is 3.55.